The van der Waals surface area contributed by atoms with Gasteiger partial charge >= 0.3 is 0 Å². The van der Waals surface area contributed by atoms with Crippen LogP contribution in [-0.4, -0.2) is 31.2 Å². The average Bonchev–Trinajstić information content (AvgIpc) is 2.14. The van der Waals surface area contributed by atoms with E-state index in [-0.39, 0.29) is 0 Å². The van der Waals surface area contributed by atoms with Crippen LogP contribution in [0.4, 0.5) is 0 Å². The first-order valence-corrected chi connectivity index (χ1v) is 5.36. The Labute approximate surface area is 76.3 Å². The monoisotopic (exact) mass is 170 g/mol. The van der Waals surface area contributed by atoms with Crippen molar-refractivity contribution in [3.05, 3.63) is 0 Å². The second-order valence-electron chi connectivity index (χ2n) is 3.69. The Bertz CT molecular complexity index is 98.0. The Morgan fingerprint density at radius 2 is 2.17 bits per heavy atom. The summed E-state index contributed by atoms with van der Waals surface area (Å²) in [5.41, 5.74) is 0. The topological polar surface area (TPSA) is 15.3 Å². The molecule has 0 saturated carbocycles. The third-order valence-electron chi connectivity index (χ3n) is 2.49. The van der Waals surface area contributed by atoms with Gasteiger partial charge in [0.1, 0.15) is 0 Å². The van der Waals surface area contributed by atoms with Crippen LogP contribution in [0.15, 0.2) is 0 Å². The molecule has 1 saturated heterocycles. The lowest BCUT2D eigenvalue weighted by Gasteiger charge is -2.27. The van der Waals surface area contributed by atoms with E-state index in [4.69, 9.17) is 0 Å². The van der Waals surface area contributed by atoms with E-state index in [0.717, 1.165) is 6.67 Å². The predicted molar refractivity (Wildman–Crippen MR) is 53.2 cm³/mol. The summed E-state index contributed by atoms with van der Waals surface area (Å²) in [6, 6.07) is 0. The van der Waals surface area contributed by atoms with Gasteiger partial charge in [-0.1, -0.05) is 26.2 Å². The molecular formula is C10H22N2. The number of nitrogens with one attached hydrogen (secondary N) is 1. The fourth-order valence-electron chi connectivity index (χ4n) is 1.70. The molecule has 1 N–H and O–H groups in total. The Morgan fingerprint density at radius 3 is 2.83 bits per heavy atom. The fraction of sp³-hybridized carbons (Fsp3) is 1.00. The normalized spacial score (nSPS) is 19.8. The van der Waals surface area contributed by atoms with E-state index >= 15 is 0 Å². The molecule has 0 bridgehead atoms. The number of hydrogen-bond donors (Lipinski definition) is 1. The number of nitrogens with zero attached hydrogens (tertiary/aromatic N) is 1. The minimum absolute atomic E-state index is 1.12. The van der Waals surface area contributed by atoms with E-state index in [1.807, 2.05) is 0 Å². The number of unbranched alkanes of at least 4 members (excludes halogenated alkanes) is 3. The van der Waals surface area contributed by atoms with E-state index < -0.39 is 0 Å². The van der Waals surface area contributed by atoms with Crippen molar-refractivity contribution < 1.29 is 0 Å². The molecule has 0 atom stereocenters. The lowest BCUT2D eigenvalue weighted by atomic mass is 10.2. The van der Waals surface area contributed by atoms with Crippen molar-refractivity contribution in [1.29, 1.82) is 0 Å². The molecule has 1 fully saturated rings. The van der Waals surface area contributed by atoms with Crippen molar-refractivity contribution in [3.63, 3.8) is 0 Å². The number of rotatable bonds is 5. The van der Waals surface area contributed by atoms with Gasteiger partial charge in [-0.05, 0) is 25.9 Å². The second-order valence-corrected chi connectivity index (χ2v) is 3.69. The minimum atomic E-state index is 1.12. The Morgan fingerprint density at radius 1 is 1.25 bits per heavy atom. The molecule has 0 aromatic heterocycles. The van der Waals surface area contributed by atoms with Gasteiger partial charge in [-0.25, -0.2) is 0 Å². The maximum atomic E-state index is 3.40. The van der Waals surface area contributed by atoms with Crippen molar-refractivity contribution in [3.8, 4) is 0 Å². The van der Waals surface area contributed by atoms with Crippen molar-refractivity contribution in [2.75, 3.05) is 26.3 Å². The van der Waals surface area contributed by atoms with Crippen LogP contribution in [0.2, 0.25) is 0 Å². The van der Waals surface area contributed by atoms with Crippen molar-refractivity contribution in [2.24, 2.45) is 0 Å². The van der Waals surface area contributed by atoms with Crippen LogP contribution in [0.5, 0.6) is 0 Å². The standard InChI is InChI=1S/C10H22N2/c1-2-3-4-5-8-12-9-6-7-11-10-12/h11H,2-10H2,1H3. The molecule has 12 heavy (non-hydrogen) atoms. The molecule has 1 heterocycles. The molecule has 0 radical (unpaired) electrons. The van der Waals surface area contributed by atoms with Crippen LogP contribution in [0.3, 0.4) is 0 Å². The van der Waals surface area contributed by atoms with Gasteiger partial charge in [0, 0.05) is 13.2 Å². The van der Waals surface area contributed by atoms with Crippen LogP contribution in [0.25, 0.3) is 0 Å². The summed E-state index contributed by atoms with van der Waals surface area (Å²) in [5.74, 6) is 0. The molecule has 72 valence electrons. The van der Waals surface area contributed by atoms with Gasteiger partial charge in [-0.15, -0.1) is 0 Å². The summed E-state index contributed by atoms with van der Waals surface area (Å²) in [7, 11) is 0. The highest BCUT2D eigenvalue weighted by atomic mass is 15.2. The lowest BCUT2D eigenvalue weighted by molar-refractivity contribution is 0.211. The summed E-state index contributed by atoms with van der Waals surface area (Å²) < 4.78 is 0. The van der Waals surface area contributed by atoms with Crippen LogP contribution < -0.4 is 5.32 Å². The molecule has 0 unspecified atom stereocenters. The lowest BCUT2D eigenvalue weighted by Crippen LogP contribution is -2.41. The van der Waals surface area contributed by atoms with Gasteiger partial charge in [-0.3, -0.25) is 4.90 Å². The molecule has 1 rings (SSSR count). The first-order valence-electron chi connectivity index (χ1n) is 5.36. The van der Waals surface area contributed by atoms with Crippen LogP contribution in [0.1, 0.15) is 39.0 Å². The second kappa shape index (κ2) is 6.44. The molecule has 0 amide bonds. The highest BCUT2D eigenvalue weighted by molar-refractivity contribution is 4.63. The van der Waals surface area contributed by atoms with Crippen molar-refractivity contribution in [1.82, 2.24) is 10.2 Å². The van der Waals surface area contributed by atoms with Gasteiger partial charge in [-0.2, -0.15) is 0 Å². The Hall–Kier alpha value is -0.0800. The van der Waals surface area contributed by atoms with Gasteiger partial charge in [0.25, 0.3) is 0 Å². The largest absolute Gasteiger partial charge is 0.304 e. The zero-order valence-electron chi connectivity index (χ0n) is 8.31. The fourth-order valence-corrected chi connectivity index (χ4v) is 1.70. The van der Waals surface area contributed by atoms with Crippen molar-refractivity contribution in [2.45, 2.75) is 39.0 Å². The summed E-state index contributed by atoms with van der Waals surface area (Å²) in [6.45, 7) is 7.20. The van der Waals surface area contributed by atoms with Gasteiger partial charge < -0.3 is 5.32 Å². The van der Waals surface area contributed by atoms with E-state index in [1.54, 1.807) is 0 Å². The average molecular weight is 170 g/mol. The predicted octanol–water partition coefficient (Wildman–Crippen LogP) is 1.82. The minimum Gasteiger partial charge on any atom is -0.304 e. The molecular weight excluding hydrogens is 148 g/mol. The zero-order valence-corrected chi connectivity index (χ0v) is 8.31. The molecule has 1 aliphatic rings. The smallest absolute Gasteiger partial charge is 0.0480 e. The molecule has 0 spiro atoms. The maximum absolute atomic E-state index is 3.40. The van der Waals surface area contributed by atoms with E-state index in [1.165, 1.54) is 51.7 Å². The quantitative estimate of drug-likeness (QED) is 0.633. The van der Waals surface area contributed by atoms with E-state index in [2.05, 4.69) is 17.1 Å². The highest BCUT2D eigenvalue weighted by Gasteiger charge is 2.07. The van der Waals surface area contributed by atoms with E-state index in [9.17, 15) is 0 Å². The van der Waals surface area contributed by atoms with Crippen LogP contribution in [0, 0.1) is 0 Å². The molecule has 0 aromatic carbocycles. The molecule has 0 aliphatic carbocycles. The van der Waals surface area contributed by atoms with Crippen molar-refractivity contribution >= 4 is 0 Å². The summed E-state index contributed by atoms with van der Waals surface area (Å²) in [5, 5.41) is 3.40. The Kier molecular flexibility index (Phi) is 5.37. The third kappa shape index (κ3) is 4.07. The number of hydrogen-bond acceptors (Lipinski definition) is 2. The summed E-state index contributed by atoms with van der Waals surface area (Å²) in [4.78, 5) is 2.53. The van der Waals surface area contributed by atoms with Gasteiger partial charge in [0.2, 0.25) is 0 Å². The zero-order chi connectivity index (χ0) is 8.65. The first kappa shape index (κ1) is 10.0. The molecule has 0 aromatic rings. The highest BCUT2D eigenvalue weighted by Crippen LogP contribution is 2.02. The molecule has 1 aliphatic heterocycles. The summed E-state index contributed by atoms with van der Waals surface area (Å²) in [6.07, 6.45) is 6.87. The van der Waals surface area contributed by atoms with Crippen LogP contribution in [-0.2, 0) is 0 Å². The van der Waals surface area contributed by atoms with Gasteiger partial charge in [0.05, 0.1) is 0 Å². The Balaban J connectivity index is 1.91. The first-order chi connectivity index (χ1) is 5.93. The SMILES string of the molecule is CCCCCCN1CCCNC1. The van der Waals surface area contributed by atoms with Gasteiger partial charge in [0.15, 0.2) is 0 Å². The molecule has 2 nitrogen and oxygen atoms in total. The third-order valence-corrected chi connectivity index (χ3v) is 2.49. The molecule has 2 heteroatoms. The van der Waals surface area contributed by atoms with E-state index in [0.29, 0.717) is 0 Å². The van der Waals surface area contributed by atoms with Crippen LogP contribution >= 0.6 is 0 Å². The summed E-state index contributed by atoms with van der Waals surface area (Å²) >= 11 is 0. The maximum Gasteiger partial charge on any atom is 0.0480 e.